The molecule has 4 heterocycles. The van der Waals surface area contributed by atoms with Crippen LogP contribution >= 0.6 is 11.3 Å². The van der Waals surface area contributed by atoms with Gasteiger partial charge in [-0.25, -0.2) is 13.1 Å². The van der Waals surface area contributed by atoms with E-state index in [1.54, 1.807) is 13.0 Å². The lowest BCUT2D eigenvalue weighted by molar-refractivity contribution is 0.575. The van der Waals surface area contributed by atoms with Gasteiger partial charge in [0.05, 0.1) is 16.3 Å². The number of H-pyrrole nitrogens is 1. The van der Waals surface area contributed by atoms with Crippen LogP contribution in [0.4, 0.5) is 0 Å². The number of hydrogen-bond donors (Lipinski definition) is 2. The smallest absolute Gasteiger partial charge is 0.242 e. The van der Waals surface area contributed by atoms with Crippen LogP contribution in [-0.2, 0) is 29.5 Å². The van der Waals surface area contributed by atoms with E-state index in [4.69, 9.17) is 0 Å². The quantitative estimate of drug-likeness (QED) is 0.704. The molecule has 8 nitrogen and oxygen atoms in total. The molecule has 0 fully saturated rings. The van der Waals surface area contributed by atoms with Gasteiger partial charge in [0.15, 0.2) is 0 Å². The Labute approximate surface area is 149 Å². The van der Waals surface area contributed by atoms with Crippen LogP contribution in [0.25, 0.3) is 10.6 Å². The number of nitrogens with one attached hydrogen (secondary N) is 2. The monoisotopic (exact) mass is 378 g/mol. The van der Waals surface area contributed by atoms with E-state index >= 15 is 0 Å². The van der Waals surface area contributed by atoms with Gasteiger partial charge < -0.3 is 4.57 Å². The summed E-state index contributed by atoms with van der Waals surface area (Å²) in [6.45, 7) is 4.70. The van der Waals surface area contributed by atoms with E-state index in [0.717, 1.165) is 46.4 Å². The lowest BCUT2D eigenvalue weighted by Crippen LogP contribution is -2.25. The van der Waals surface area contributed by atoms with E-state index in [-0.39, 0.29) is 11.4 Å². The van der Waals surface area contributed by atoms with E-state index in [2.05, 4.69) is 25.1 Å². The topological polar surface area (TPSA) is 106 Å². The van der Waals surface area contributed by atoms with E-state index in [0.29, 0.717) is 5.82 Å². The first-order valence-corrected chi connectivity index (χ1v) is 10.3. The zero-order valence-electron chi connectivity index (χ0n) is 13.9. The zero-order chi connectivity index (χ0) is 17.6. The molecule has 0 aliphatic carbocycles. The van der Waals surface area contributed by atoms with Crippen molar-refractivity contribution >= 4 is 21.4 Å². The molecule has 0 unspecified atom stereocenters. The summed E-state index contributed by atoms with van der Waals surface area (Å²) in [5.74, 6) is 1.59. The van der Waals surface area contributed by atoms with Crippen molar-refractivity contribution < 1.29 is 8.42 Å². The van der Waals surface area contributed by atoms with Crippen molar-refractivity contribution in [2.24, 2.45) is 0 Å². The van der Waals surface area contributed by atoms with E-state index in [9.17, 15) is 8.42 Å². The number of fused-ring (bicyclic) bond motifs is 1. The molecule has 0 saturated heterocycles. The molecular formula is C15H18N6O2S2. The van der Waals surface area contributed by atoms with Crippen molar-refractivity contribution in [3.05, 3.63) is 34.4 Å². The van der Waals surface area contributed by atoms with Gasteiger partial charge in [-0.2, -0.15) is 5.10 Å². The minimum absolute atomic E-state index is 0.140. The molecule has 1 aliphatic heterocycles. The Hall–Kier alpha value is -2.04. The van der Waals surface area contributed by atoms with Crippen molar-refractivity contribution in [3.63, 3.8) is 0 Å². The molecule has 0 spiro atoms. The molecule has 0 radical (unpaired) electrons. The van der Waals surface area contributed by atoms with Gasteiger partial charge in [0, 0.05) is 23.5 Å². The molecule has 2 N–H and O–H groups in total. The molecule has 0 aromatic carbocycles. The van der Waals surface area contributed by atoms with Crippen molar-refractivity contribution in [1.29, 1.82) is 0 Å². The Morgan fingerprint density at radius 2 is 2.16 bits per heavy atom. The summed E-state index contributed by atoms with van der Waals surface area (Å²) in [7, 11) is -3.62. The van der Waals surface area contributed by atoms with Crippen LogP contribution in [-0.4, -0.2) is 33.4 Å². The van der Waals surface area contributed by atoms with Crippen LogP contribution in [0, 0.1) is 13.8 Å². The normalized spacial score (nSPS) is 14.2. The summed E-state index contributed by atoms with van der Waals surface area (Å²) in [5.41, 5.74) is 1.69. The minimum atomic E-state index is -3.62. The van der Waals surface area contributed by atoms with Crippen LogP contribution in [0.3, 0.4) is 0 Å². The molecule has 25 heavy (non-hydrogen) atoms. The van der Waals surface area contributed by atoms with Crippen LogP contribution < -0.4 is 4.72 Å². The predicted molar refractivity (Wildman–Crippen MR) is 93.7 cm³/mol. The highest BCUT2D eigenvalue weighted by atomic mass is 32.2. The van der Waals surface area contributed by atoms with Gasteiger partial charge in [0.1, 0.15) is 17.3 Å². The molecule has 0 amide bonds. The molecule has 3 aromatic heterocycles. The molecule has 4 rings (SSSR count). The van der Waals surface area contributed by atoms with Crippen LogP contribution in [0.5, 0.6) is 0 Å². The summed E-state index contributed by atoms with van der Waals surface area (Å²) in [4.78, 5) is 1.84. The Kier molecular flexibility index (Phi) is 3.97. The van der Waals surface area contributed by atoms with E-state index in [1.165, 1.54) is 11.3 Å². The summed E-state index contributed by atoms with van der Waals surface area (Å²) < 4.78 is 30.0. The third-order valence-electron chi connectivity index (χ3n) is 4.23. The Morgan fingerprint density at radius 3 is 2.92 bits per heavy atom. The molecule has 10 heteroatoms. The second-order valence-corrected chi connectivity index (χ2v) is 9.07. The first-order chi connectivity index (χ1) is 11.9. The minimum Gasteiger partial charge on any atom is -0.314 e. The standard InChI is InChI=1S/C15H18N6O2S2/c1-9-6-11(18-17-9)12-7-13(10(2)24-12)25(22,23)16-8-15-20-19-14-4-3-5-21(14)15/h6-7,16H,3-5,8H2,1-2H3,(H,17,18). The number of thiophene rings is 1. The first-order valence-electron chi connectivity index (χ1n) is 7.97. The molecule has 0 atom stereocenters. The zero-order valence-corrected chi connectivity index (χ0v) is 15.5. The highest BCUT2D eigenvalue weighted by Crippen LogP contribution is 2.32. The van der Waals surface area contributed by atoms with E-state index in [1.807, 2.05) is 17.6 Å². The number of nitrogens with zero attached hydrogens (tertiary/aromatic N) is 4. The van der Waals surface area contributed by atoms with Crippen LogP contribution in [0.15, 0.2) is 17.0 Å². The number of hydrogen-bond acceptors (Lipinski definition) is 6. The molecular weight excluding hydrogens is 360 g/mol. The number of sulfonamides is 1. The second kappa shape index (κ2) is 6.04. The van der Waals surface area contributed by atoms with Gasteiger partial charge in [-0.15, -0.1) is 21.5 Å². The van der Waals surface area contributed by atoms with Gasteiger partial charge in [-0.3, -0.25) is 5.10 Å². The van der Waals surface area contributed by atoms with Crippen molar-refractivity contribution in [3.8, 4) is 10.6 Å². The van der Waals surface area contributed by atoms with Crippen LogP contribution in [0.1, 0.15) is 28.6 Å². The molecule has 132 valence electrons. The van der Waals surface area contributed by atoms with Crippen molar-refractivity contribution in [2.45, 2.75) is 44.7 Å². The fourth-order valence-electron chi connectivity index (χ4n) is 2.98. The molecule has 3 aromatic rings. The lowest BCUT2D eigenvalue weighted by Gasteiger charge is -2.06. The van der Waals surface area contributed by atoms with Crippen LogP contribution in [0.2, 0.25) is 0 Å². The third-order valence-corrected chi connectivity index (χ3v) is 6.96. The maximum absolute atomic E-state index is 12.7. The van der Waals surface area contributed by atoms with Gasteiger partial charge >= 0.3 is 0 Å². The Morgan fingerprint density at radius 1 is 1.32 bits per heavy atom. The van der Waals surface area contributed by atoms with Gasteiger partial charge in [-0.05, 0) is 32.4 Å². The molecule has 0 bridgehead atoms. The number of aromatic amines is 1. The maximum Gasteiger partial charge on any atom is 0.242 e. The third kappa shape index (κ3) is 3.00. The fraction of sp³-hybridized carbons (Fsp3) is 0.400. The van der Waals surface area contributed by atoms with Gasteiger partial charge in [-0.1, -0.05) is 0 Å². The Balaban J connectivity index is 1.56. The molecule has 1 aliphatic rings. The highest BCUT2D eigenvalue weighted by molar-refractivity contribution is 7.89. The number of rotatable bonds is 5. The number of aromatic nitrogens is 5. The summed E-state index contributed by atoms with van der Waals surface area (Å²) in [6.07, 6.45) is 1.93. The highest BCUT2D eigenvalue weighted by Gasteiger charge is 2.23. The summed E-state index contributed by atoms with van der Waals surface area (Å²) in [5, 5.41) is 15.3. The SMILES string of the molecule is Cc1cc(-c2cc(S(=O)(=O)NCc3nnc4n3CCC4)c(C)s2)n[nH]1. The Bertz CT molecular complexity index is 1030. The average Bonchev–Trinajstić information content (AvgIpc) is 3.29. The predicted octanol–water partition coefficient (Wildman–Crippen LogP) is 1.77. The summed E-state index contributed by atoms with van der Waals surface area (Å²) >= 11 is 1.42. The first kappa shape index (κ1) is 16.4. The molecule has 0 saturated carbocycles. The van der Waals surface area contributed by atoms with Gasteiger partial charge in [0.2, 0.25) is 10.0 Å². The van der Waals surface area contributed by atoms with Crippen molar-refractivity contribution in [2.75, 3.05) is 0 Å². The summed E-state index contributed by atoms with van der Waals surface area (Å²) in [6, 6.07) is 3.57. The second-order valence-electron chi connectivity index (χ2n) is 6.08. The van der Waals surface area contributed by atoms with E-state index < -0.39 is 10.0 Å². The lowest BCUT2D eigenvalue weighted by atomic mass is 10.3. The van der Waals surface area contributed by atoms with Gasteiger partial charge in [0.25, 0.3) is 0 Å². The van der Waals surface area contributed by atoms with Crippen molar-refractivity contribution in [1.82, 2.24) is 29.7 Å². The largest absolute Gasteiger partial charge is 0.314 e. The average molecular weight is 378 g/mol. The number of aryl methyl sites for hydroxylation is 3. The fourth-order valence-corrected chi connectivity index (χ4v) is 5.51. The maximum atomic E-state index is 12.7.